The van der Waals surface area contributed by atoms with E-state index in [4.69, 9.17) is 0 Å². The predicted molar refractivity (Wildman–Crippen MR) is 78.6 cm³/mol. The molecule has 0 saturated heterocycles. The van der Waals surface area contributed by atoms with Crippen molar-refractivity contribution in [3.8, 4) is 0 Å². The molecule has 0 spiro atoms. The Balaban J connectivity index is 4.19. The average Bonchev–Trinajstić information content (AvgIpc) is 2.21. The van der Waals surface area contributed by atoms with Crippen LogP contribution in [0.15, 0.2) is 0 Å². The van der Waals surface area contributed by atoms with Crippen molar-refractivity contribution in [3.63, 3.8) is 0 Å². The van der Waals surface area contributed by atoms with Gasteiger partial charge in [-0.3, -0.25) is 4.79 Å². The molecule has 0 rings (SSSR count). The molecule has 2 N–H and O–H groups in total. The molecule has 0 aromatic rings. The number of rotatable bonds is 8. The van der Waals surface area contributed by atoms with Gasteiger partial charge in [-0.05, 0) is 44.1 Å². The number of carbonyl (C=O) groups is 1. The Labute approximate surface area is 113 Å². The van der Waals surface area contributed by atoms with Crippen LogP contribution in [0.5, 0.6) is 0 Å². The minimum absolute atomic E-state index is 0.111. The molecule has 1 unspecified atom stereocenters. The van der Waals surface area contributed by atoms with Gasteiger partial charge in [0.1, 0.15) is 0 Å². The molecule has 0 aromatic carbocycles. The molecule has 1 atom stereocenters. The van der Waals surface area contributed by atoms with Gasteiger partial charge in [-0.15, -0.1) is 0 Å². The first kappa shape index (κ1) is 17.4. The van der Waals surface area contributed by atoms with Gasteiger partial charge in [-0.1, -0.05) is 34.6 Å². The second kappa shape index (κ2) is 8.52. The van der Waals surface area contributed by atoms with Crippen LogP contribution in [0, 0.1) is 11.3 Å². The van der Waals surface area contributed by atoms with E-state index in [0.717, 1.165) is 19.3 Å². The lowest BCUT2D eigenvalue weighted by atomic mass is 9.87. The molecule has 3 nitrogen and oxygen atoms in total. The Kier molecular flexibility index (Phi) is 8.25. The van der Waals surface area contributed by atoms with E-state index in [2.05, 4.69) is 45.3 Å². The highest BCUT2D eigenvalue weighted by Gasteiger charge is 2.17. The van der Waals surface area contributed by atoms with Crippen molar-refractivity contribution in [1.29, 1.82) is 0 Å². The summed E-state index contributed by atoms with van der Waals surface area (Å²) in [5.74, 6) is 0.809. The standard InChI is InChI=1S/C15H32N2O/c1-12(2)7-8-13(9-10-15(3,4)5)17-14(18)11-16-6/h12-13,16H,7-11H2,1-6H3,(H,17,18). The molecule has 0 aromatic heterocycles. The highest BCUT2D eigenvalue weighted by Crippen LogP contribution is 2.23. The first-order valence-corrected chi connectivity index (χ1v) is 7.18. The van der Waals surface area contributed by atoms with Gasteiger partial charge in [0.15, 0.2) is 0 Å². The third-order valence-corrected chi connectivity index (χ3v) is 3.04. The molecule has 0 aliphatic rings. The summed E-state index contributed by atoms with van der Waals surface area (Å²) in [6.07, 6.45) is 4.49. The van der Waals surface area contributed by atoms with Crippen molar-refractivity contribution in [2.45, 2.75) is 66.3 Å². The lowest BCUT2D eigenvalue weighted by Gasteiger charge is -2.24. The first-order chi connectivity index (χ1) is 8.24. The van der Waals surface area contributed by atoms with Crippen molar-refractivity contribution < 1.29 is 4.79 Å². The lowest BCUT2D eigenvalue weighted by Crippen LogP contribution is -2.40. The third-order valence-electron chi connectivity index (χ3n) is 3.04. The molecule has 0 fully saturated rings. The van der Waals surface area contributed by atoms with Crippen LogP contribution in [-0.4, -0.2) is 25.5 Å². The first-order valence-electron chi connectivity index (χ1n) is 7.18. The number of likely N-dealkylation sites (N-methyl/N-ethyl adjacent to an activating group) is 1. The molecule has 1 amide bonds. The highest BCUT2D eigenvalue weighted by molar-refractivity contribution is 5.78. The molecule has 0 heterocycles. The Morgan fingerprint density at radius 2 is 1.72 bits per heavy atom. The zero-order chi connectivity index (χ0) is 14.2. The van der Waals surface area contributed by atoms with Gasteiger partial charge in [-0.25, -0.2) is 0 Å². The van der Waals surface area contributed by atoms with Crippen LogP contribution < -0.4 is 10.6 Å². The van der Waals surface area contributed by atoms with Gasteiger partial charge >= 0.3 is 0 Å². The minimum atomic E-state index is 0.111. The summed E-state index contributed by atoms with van der Waals surface area (Å²) in [4.78, 5) is 11.6. The molecule has 3 heteroatoms. The van der Waals surface area contributed by atoms with Gasteiger partial charge in [-0.2, -0.15) is 0 Å². The third kappa shape index (κ3) is 10.6. The molecule has 0 bridgehead atoms. The maximum absolute atomic E-state index is 11.6. The number of amides is 1. The van der Waals surface area contributed by atoms with E-state index in [1.54, 1.807) is 7.05 Å². The van der Waals surface area contributed by atoms with Crippen molar-refractivity contribution in [2.75, 3.05) is 13.6 Å². The summed E-state index contributed by atoms with van der Waals surface area (Å²) in [7, 11) is 1.80. The maximum Gasteiger partial charge on any atom is 0.234 e. The zero-order valence-corrected chi connectivity index (χ0v) is 13.1. The predicted octanol–water partition coefficient (Wildman–Crippen LogP) is 2.95. The molecule has 108 valence electrons. The molecule has 18 heavy (non-hydrogen) atoms. The Morgan fingerprint density at radius 3 is 2.17 bits per heavy atom. The van der Waals surface area contributed by atoms with Gasteiger partial charge in [0.25, 0.3) is 0 Å². The minimum Gasteiger partial charge on any atom is -0.352 e. The summed E-state index contributed by atoms with van der Waals surface area (Å²) in [5, 5.41) is 6.04. The lowest BCUT2D eigenvalue weighted by molar-refractivity contribution is -0.121. The van der Waals surface area contributed by atoms with Gasteiger partial charge in [0.2, 0.25) is 5.91 Å². The molecule has 0 aliphatic heterocycles. The van der Waals surface area contributed by atoms with Gasteiger partial charge in [0, 0.05) is 6.04 Å². The fourth-order valence-corrected chi connectivity index (χ4v) is 1.87. The monoisotopic (exact) mass is 256 g/mol. The summed E-state index contributed by atoms with van der Waals surface area (Å²) < 4.78 is 0. The summed E-state index contributed by atoms with van der Waals surface area (Å²) in [5.41, 5.74) is 0.337. The molecule has 0 saturated carbocycles. The largest absolute Gasteiger partial charge is 0.352 e. The Morgan fingerprint density at radius 1 is 1.11 bits per heavy atom. The van der Waals surface area contributed by atoms with Gasteiger partial charge in [0.05, 0.1) is 6.54 Å². The number of carbonyl (C=O) groups excluding carboxylic acids is 1. The number of hydrogen-bond donors (Lipinski definition) is 2. The van der Waals surface area contributed by atoms with E-state index >= 15 is 0 Å². The SMILES string of the molecule is CNCC(=O)NC(CCC(C)C)CCC(C)(C)C. The zero-order valence-electron chi connectivity index (χ0n) is 13.1. The van der Waals surface area contributed by atoms with E-state index in [0.29, 0.717) is 23.9 Å². The van der Waals surface area contributed by atoms with Gasteiger partial charge < -0.3 is 10.6 Å². The van der Waals surface area contributed by atoms with Crippen LogP contribution in [0.2, 0.25) is 0 Å². The number of hydrogen-bond acceptors (Lipinski definition) is 2. The molecular formula is C15H32N2O. The fraction of sp³-hybridized carbons (Fsp3) is 0.933. The second-order valence-electron chi connectivity index (χ2n) is 6.87. The fourth-order valence-electron chi connectivity index (χ4n) is 1.87. The molecular weight excluding hydrogens is 224 g/mol. The van der Waals surface area contributed by atoms with E-state index in [1.807, 2.05) is 0 Å². The Bertz CT molecular complexity index is 231. The van der Waals surface area contributed by atoms with Crippen LogP contribution in [-0.2, 0) is 4.79 Å². The number of nitrogens with one attached hydrogen (secondary N) is 2. The van der Waals surface area contributed by atoms with Crippen LogP contribution >= 0.6 is 0 Å². The highest BCUT2D eigenvalue weighted by atomic mass is 16.1. The van der Waals surface area contributed by atoms with Crippen LogP contribution in [0.3, 0.4) is 0 Å². The van der Waals surface area contributed by atoms with E-state index < -0.39 is 0 Å². The average molecular weight is 256 g/mol. The van der Waals surface area contributed by atoms with Crippen molar-refractivity contribution in [3.05, 3.63) is 0 Å². The van der Waals surface area contributed by atoms with Crippen LogP contribution in [0.1, 0.15) is 60.3 Å². The second-order valence-corrected chi connectivity index (χ2v) is 6.87. The van der Waals surface area contributed by atoms with Crippen molar-refractivity contribution >= 4 is 5.91 Å². The van der Waals surface area contributed by atoms with E-state index in [9.17, 15) is 4.79 Å². The topological polar surface area (TPSA) is 41.1 Å². The van der Waals surface area contributed by atoms with Crippen LogP contribution in [0.4, 0.5) is 0 Å². The Hall–Kier alpha value is -0.570. The van der Waals surface area contributed by atoms with Crippen molar-refractivity contribution in [2.24, 2.45) is 11.3 Å². The van der Waals surface area contributed by atoms with E-state index in [-0.39, 0.29) is 5.91 Å². The summed E-state index contributed by atoms with van der Waals surface area (Å²) >= 11 is 0. The molecule has 0 aliphatic carbocycles. The summed E-state index contributed by atoms with van der Waals surface area (Å²) in [6.45, 7) is 11.6. The normalized spacial score (nSPS) is 13.7. The van der Waals surface area contributed by atoms with Crippen molar-refractivity contribution in [1.82, 2.24) is 10.6 Å². The maximum atomic E-state index is 11.6. The smallest absolute Gasteiger partial charge is 0.234 e. The van der Waals surface area contributed by atoms with Crippen LogP contribution in [0.25, 0.3) is 0 Å². The summed E-state index contributed by atoms with van der Waals surface area (Å²) in [6, 6.07) is 0.326. The quantitative estimate of drug-likeness (QED) is 0.701. The molecule has 0 radical (unpaired) electrons. The van der Waals surface area contributed by atoms with E-state index in [1.165, 1.54) is 6.42 Å².